The minimum Gasteiger partial charge on any atom is -0.323 e. The maximum absolute atomic E-state index is 6.22. The van der Waals surface area contributed by atoms with Gasteiger partial charge in [0.15, 0.2) is 0 Å². The summed E-state index contributed by atoms with van der Waals surface area (Å²) in [5.74, 6) is 0. The third kappa shape index (κ3) is 3.18. The lowest BCUT2D eigenvalue weighted by Crippen LogP contribution is -2.11. The van der Waals surface area contributed by atoms with E-state index in [4.69, 9.17) is 5.73 Å². The third-order valence-electron chi connectivity index (χ3n) is 2.99. The van der Waals surface area contributed by atoms with Gasteiger partial charge in [-0.3, -0.25) is 0 Å². The highest BCUT2D eigenvalue weighted by Gasteiger charge is 2.09. The largest absolute Gasteiger partial charge is 0.323 e. The molecule has 0 bridgehead atoms. The molecule has 2 N–H and O–H groups in total. The van der Waals surface area contributed by atoms with E-state index in [2.05, 4.69) is 60.1 Å². The summed E-state index contributed by atoms with van der Waals surface area (Å²) in [4.78, 5) is 1.23. The number of rotatable bonds is 3. The second-order valence-electron chi connectivity index (χ2n) is 4.37. The van der Waals surface area contributed by atoms with Crippen molar-refractivity contribution >= 4 is 27.3 Å². The Morgan fingerprint density at radius 3 is 2.53 bits per heavy atom. The molecule has 2 aromatic rings. The summed E-state index contributed by atoms with van der Waals surface area (Å²) in [7, 11) is 0. The van der Waals surface area contributed by atoms with Crippen LogP contribution >= 0.6 is 27.3 Å². The number of thiophene rings is 1. The second-order valence-corrected chi connectivity index (χ2v) is 6.87. The average molecular weight is 310 g/mol. The first-order valence-electron chi connectivity index (χ1n) is 5.63. The number of benzene rings is 1. The van der Waals surface area contributed by atoms with Crippen LogP contribution in [0.1, 0.15) is 27.6 Å². The Kier molecular flexibility index (Phi) is 4.02. The summed E-state index contributed by atoms with van der Waals surface area (Å²) in [6, 6.07) is 10.8. The molecular formula is C14H16BrNS. The van der Waals surface area contributed by atoms with Crippen LogP contribution in [0.4, 0.5) is 0 Å². The van der Waals surface area contributed by atoms with Crippen molar-refractivity contribution in [2.45, 2.75) is 26.3 Å². The lowest BCUT2D eigenvalue weighted by atomic mass is 10.0. The Hall–Kier alpha value is -0.640. The van der Waals surface area contributed by atoms with Gasteiger partial charge in [0.05, 0.1) is 3.79 Å². The predicted octanol–water partition coefficient (Wildman–Crippen LogP) is 4.37. The first-order valence-corrected chi connectivity index (χ1v) is 7.24. The van der Waals surface area contributed by atoms with E-state index in [0.29, 0.717) is 0 Å². The van der Waals surface area contributed by atoms with Gasteiger partial charge in [0, 0.05) is 10.9 Å². The van der Waals surface area contributed by atoms with Crippen molar-refractivity contribution in [3.05, 3.63) is 55.7 Å². The number of hydrogen-bond donors (Lipinski definition) is 1. The molecule has 0 aliphatic carbocycles. The first-order chi connectivity index (χ1) is 8.06. The smallest absolute Gasteiger partial charge is 0.0701 e. The maximum Gasteiger partial charge on any atom is 0.0701 e. The van der Waals surface area contributed by atoms with Crippen molar-refractivity contribution in [1.82, 2.24) is 0 Å². The number of hydrogen-bond acceptors (Lipinski definition) is 2. The van der Waals surface area contributed by atoms with Crippen molar-refractivity contribution in [1.29, 1.82) is 0 Å². The van der Waals surface area contributed by atoms with E-state index in [9.17, 15) is 0 Å². The van der Waals surface area contributed by atoms with E-state index in [1.54, 1.807) is 11.3 Å². The fourth-order valence-electron chi connectivity index (χ4n) is 1.81. The van der Waals surface area contributed by atoms with E-state index in [0.717, 1.165) is 10.2 Å². The van der Waals surface area contributed by atoms with Crippen molar-refractivity contribution < 1.29 is 0 Å². The van der Waals surface area contributed by atoms with Crippen LogP contribution in [0.3, 0.4) is 0 Å². The van der Waals surface area contributed by atoms with Gasteiger partial charge in [0.1, 0.15) is 0 Å². The molecule has 0 saturated carbocycles. The molecule has 1 heterocycles. The van der Waals surface area contributed by atoms with Crippen molar-refractivity contribution in [2.75, 3.05) is 0 Å². The lowest BCUT2D eigenvalue weighted by molar-refractivity contribution is 0.736. The highest BCUT2D eigenvalue weighted by molar-refractivity contribution is 9.11. The van der Waals surface area contributed by atoms with Crippen LogP contribution in [-0.4, -0.2) is 0 Å². The molecule has 0 radical (unpaired) electrons. The lowest BCUT2D eigenvalue weighted by Gasteiger charge is -2.11. The molecule has 1 nitrogen and oxygen atoms in total. The van der Waals surface area contributed by atoms with E-state index in [1.807, 2.05) is 0 Å². The van der Waals surface area contributed by atoms with Crippen molar-refractivity contribution in [3.63, 3.8) is 0 Å². The molecule has 2 rings (SSSR count). The molecule has 1 aromatic heterocycles. The zero-order valence-electron chi connectivity index (χ0n) is 10.0. The Morgan fingerprint density at radius 2 is 1.94 bits per heavy atom. The molecule has 0 spiro atoms. The van der Waals surface area contributed by atoms with Gasteiger partial charge in [-0.15, -0.1) is 11.3 Å². The van der Waals surface area contributed by atoms with Gasteiger partial charge in [-0.25, -0.2) is 0 Å². The van der Waals surface area contributed by atoms with Gasteiger partial charge < -0.3 is 5.73 Å². The SMILES string of the molecule is Cc1ccc(CC(N)c2ccc(Br)s2)cc1C. The van der Waals surface area contributed by atoms with E-state index < -0.39 is 0 Å². The summed E-state index contributed by atoms with van der Waals surface area (Å²) in [6.45, 7) is 4.28. The zero-order valence-corrected chi connectivity index (χ0v) is 12.4. The van der Waals surface area contributed by atoms with E-state index >= 15 is 0 Å². The standard InChI is InChI=1S/C14H16BrNS/c1-9-3-4-11(7-10(9)2)8-12(16)13-5-6-14(15)17-13/h3-7,12H,8,16H2,1-2H3. The molecular weight excluding hydrogens is 294 g/mol. The van der Waals surface area contributed by atoms with Gasteiger partial charge in [0.25, 0.3) is 0 Å². The monoisotopic (exact) mass is 309 g/mol. The normalized spacial score (nSPS) is 12.7. The molecule has 1 atom stereocenters. The molecule has 0 fully saturated rings. The minimum atomic E-state index is 0.0911. The first kappa shape index (κ1) is 12.8. The minimum absolute atomic E-state index is 0.0911. The molecule has 0 amide bonds. The van der Waals surface area contributed by atoms with Crippen LogP contribution in [0, 0.1) is 13.8 Å². The van der Waals surface area contributed by atoms with Gasteiger partial charge in [0.2, 0.25) is 0 Å². The quantitative estimate of drug-likeness (QED) is 0.895. The average Bonchev–Trinajstić information content (AvgIpc) is 2.70. The second kappa shape index (κ2) is 5.34. The molecule has 1 unspecified atom stereocenters. The molecule has 0 aliphatic rings. The number of nitrogens with two attached hydrogens (primary N) is 1. The zero-order chi connectivity index (χ0) is 12.4. The molecule has 3 heteroatoms. The number of halogens is 1. The van der Waals surface area contributed by atoms with E-state index in [-0.39, 0.29) is 6.04 Å². The van der Waals surface area contributed by atoms with Crippen LogP contribution in [0.2, 0.25) is 0 Å². The van der Waals surface area contributed by atoms with E-state index in [1.165, 1.54) is 21.6 Å². The molecule has 1 aromatic carbocycles. The summed E-state index contributed by atoms with van der Waals surface area (Å²) in [6.07, 6.45) is 0.897. The van der Waals surface area contributed by atoms with Gasteiger partial charge in [-0.05, 0) is 65.0 Å². The summed E-state index contributed by atoms with van der Waals surface area (Å²) in [5.41, 5.74) is 10.2. The van der Waals surface area contributed by atoms with Gasteiger partial charge in [-0.1, -0.05) is 18.2 Å². The highest BCUT2D eigenvalue weighted by atomic mass is 79.9. The van der Waals surface area contributed by atoms with Gasteiger partial charge >= 0.3 is 0 Å². The number of aryl methyl sites for hydroxylation is 2. The van der Waals surface area contributed by atoms with Crippen LogP contribution in [0.15, 0.2) is 34.1 Å². The van der Waals surface area contributed by atoms with Crippen LogP contribution in [-0.2, 0) is 6.42 Å². The molecule has 90 valence electrons. The maximum atomic E-state index is 6.22. The Balaban J connectivity index is 2.12. The van der Waals surface area contributed by atoms with Crippen LogP contribution in [0.25, 0.3) is 0 Å². The van der Waals surface area contributed by atoms with Crippen molar-refractivity contribution in [2.24, 2.45) is 5.73 Å². The summed E-state index contributed by atoms with van der Waals surface area (Å²) >= 11 is 5.18. The fourth-order valence-corrected chi connectivity index (χ4v) is 3.24. The Bertz CT molecular complexity index is 519. The van der Waals surface area contributed by atoms with Crippen molar-refractivity contribution in [3.8, 4) is 0 Å². The molecule has 0 aliphatic heterocycles. The van der Waals surface area contributed by atoms with Crippen LogP contribution < -0.4 is 5.73 Å². The fraction of sp³-hybridized carbons (Fsp3) is 0.286. The highest BCUT2D eigenvalue weighted by Crippen LogP contribution is 2.28. The Morgan fingerprint density at radius 1 is 1.18 bits per heavy atom. The summed E-state index contributed by atoms with van der Waals surface area (Å²) < 4.78 is 1.14. The molecule has 17 heavy (non-hydrogen) atoms. The summed E-state index contributed by atoms with van der Waals surface area (Å²) in [5, 5.41) is 0. The third-order valence-corrected chi connectivity index (χ3v) is 4.74. The topological polar surface area (TPSA) is 26.0 Å². The van der Waals surface area contributed by atoms with Gasteiger partial charge in [-0.2, -0.15) is 0 Å². The Labute approximate surface area is 115 Å². The van der Waals surface area contributed by atoms with Crippen LogP contribution in [0.5, 0.6) is 0 Å². The predicted molar refractivity (Wildman–Crippen MR) is 78.6 cm³/mol. The molecule has 0 saturated heterocycles.